The first kappa shape index (κ1) is 18.2. The zero-order chi connectivity index (χ0) is 20.1. The fourth-order valence-electron chi connectivity index (χ4n) is 3.32. The number of hydrogen-bond acceptors (Lipinski definition) is 7. The van der Waals surface area contributed by atoms with Gasteiger partial charge in [0.05, 0.1) is 16.8 Å². The van der Waals surface area contributed by atoms with Gasteiger partial charge in [0.1, 0.15) is 5.75 Å². The molecule has 1 aliphatic rings. The standard InChI is InChI=1S/C19H18N2O6S/c1-20-12-9-14-16(23)17(24)18(11-3-5-13(22)6-4-11)27-19(14)15(10-12)21-7-2-8-28(21,25)26/h3-6,9-10,20,22,24H,2,7-8H2,1H3. The van der Waals surface area contributed by atoms with Crippen molar-refractivity contribution in [3.05, 3.63) is 46.6 Å². The van der Waals surface area contributed by atoms with Gasteiger partial charge >= 0.3 is 0 Å². The monoisotopic (exact) mass is 402 g/mol. The minimum atomic E-state index is -3.51. The number of sulfonamides is 1. The number of phenolic OH excluding ortho intramolecular Hbond substituents is 1. The Bertz CT molecular complexity index is 1230. The van der Waals surface area contributed by atoms with E-state index in [1.165, 1.54) is 34.6 Å². The molecule has 0 unspecified atom stereocenters. The highest BCUT2D eigenvalue weighted by Crippen LogP contribution is 2.38. The molecular weight excluding hydrogens is 384 g/mol. The third kappa shape index (κ3) is 2.84. The highest BCUT2D eigenvalue weighted by atomic mass is 32.2. The van der Waals surface area contributed by atoms with Crippen LogP contribution in [0.15, 0.2) is 45.6 Å². The zero-order valence-corrected chi connectivity index (χ0v) is 15.8. The summed E-state index contributed by atoms with van der Waals surface area (Å²) in [5, 5.41) is 22.9. The van der Waals surface area contributed by atoms with Gasteiger partial charge in [-0.05, 0) is 42.8 Å². The predicted octanol–water partition coefficient (Wildman–Crippen LogP) is 2.45. The predicted molar refractivity (Wildman–Crippen MR) is 107 cm³/mol. The SMILES string of the molecule is CNc1cc(N2CCCS2(=O)=O)c2oc(-c3ccc(O)cc3)c(O)c(=O)c2c1. The van der Waals surface area contributed by atoms with Crippen LogP contribution in [0.2, 0.25) is 0 Å². The fraction of sp³-hybridized carbons (Fsp3) is 0.211. The number of benzene rings is 2. The maximum Gasteiger partial charge on any atom is 0.235 e. The van der Waals surface area contributed by atoms with Crippen LogP contribution in [0.25, 0.3) is 22.3 Å². The van der Waals surface area contributed by atoms with Crippen molar-refractivity contribution in [2.24, 2.45) is 0 Å². The topological polar surface area (TPSA) is 120 Å². The lowest BCUT2D eigenvalue weighted by molar-refractivity contribution is 0.449. The third-order valence-electron chi connectivity index (χ3n) is 4.73. The van der Waals surface area contributed by atoms with Crippen molar-refractivity contribution in [1.29, 1.82) is 0 Å². The Morgan fingerprint density at radius 3 is 2.46 bits per heavy atom. The number of aromatic hydroxyl groups is 2. The van der Waals surface area contributed by atoms with Crippen LogP contribution in [0.4, 0.5) is 11.4 Å². The Hall–Kier alpha value is -3.20. The van der Waals surface area contributed by atoms with Crippen LogP contribution in [-0.2, 0) is 10.0 Å². The van der Waals surface area contributed by atoms with Gasteiger partial charge in [0.25, 0.3) is 0 Å². The Kier molecular flexibility index (Phi) is 4.19. The first-order valence-electron chi connectivity index (χ1n) is 8.63. The molecule has 1 saturated heterocycles. The average molecular weight is 402 g/mol. The molecule has 0 radical (unpaired) electrons. The number of fused-ring (bicyclic) bond motifs is 1. The quantitative estimate of drug-likeness (QED) is 0.615. The lowest BCUT2D eigenvalue weighted by Gasteiger charge is -2.20. The summed E-state index contributed by atoms with van der Waals surface area (Å²) in [7, 11) is -1.87. The maximum absolute atomic E-state index is 12.8. The lowest BCUT2D eigenvalue weighted by atomic mass is 10.1. The Balaban J connectivity index is 2.06. The first-order chi connectivity index (χ1) is 13.3. The number of hydrogen-bond donors (Lipinski definition) is 3. The molecule has 0 amide bonds. The summed E-state index contributed by atoms with van der Waals surface area (Å²) in [6, 6.07) is 8.89. The molecule has 146 valence electrons. The average Bonchev–Trinajstić information content (AvgIpc) is 3.03. The van der Waals surface area contributed by atoms with Crippen LogP contribution in [-0.4, -0.2) is 38.0 Å². The second-order valence-electron chi connectivity index (χ2n) is 6.52. The molecule has 1 aromatic heterocycles. The van der Waals surface area contributed by atoms with E-state index in [9.17, 15) is 23.4 Å². The Morgan fingerprint density at radius 1 is 1.14 bits per heavy atom. The Labute approximate surface area is 160 Å². The van der Waals surface area contributed by atoms with Gasteiger partial charge in [-0.3, -0.25) is 9.10 Å². The van der Waals surface area contributed by atoms with E-state index in [1.807, 2.05) is 0 Å². The van der Waals surface area contributed by atoms with E-state index in [-0.39, 0.29) is 40.5 Å². The molecule has 4 rings (SSSR count). The zero-order valence-electron chi connectivity index (χ0n) is 15.0. The van der Waals surface area contributed by atoms with Crippen molar-refractivity contribution in [1.82, 2.24) is 0 Å². The molecule has 3 aromatic rings. The highest BCUT2D eigenvalue weighted by Gasteiger charge is 2.32. The summed E-state index contributed by atoms with van der Waals surface area (Å²) in [5.74, 6) is -0.631. The molecule has 9 heteroatoms. The summed E-state index contributed by atoms with van der Waals surface area (Å²) < 4.78 is 32.0. The molecule has 3 N–H and O–H groups in total. The second-order valence-corrected chi connectivity index (χ2v) is 8.53. The van der Waals surface area contributed by atoms with Crippen molar-refractivity contribution in [2.45, 2.75) is 6.42 Å². The van der Waals surface area contributed by atoms with Crippen LogP contribution < -0.4 is 15.1 Å². The number of rotatable bonds is 3. The molecule has 0 atom stereocenters. The molecule has 8 nitrogen and oxygen atoms in total. The van der Waals surface area contributed by atoms with Gasteiger partial charge in [0.15, 0.2) is 11.3 Å². The molecule has 2 heterocycles. The minimum Gasteiger partial charge on any atom is -0.508 e. The third-order valence-corrected chi connectivity index (χ3v) is 6.59. The van der Waals surface area contributed by atoms with Gasteiger partial charge < -0.3 is 19.9 Å². The summed E-state index contributed by atoms with van der Waals surface area (Å²) >= 11 is 0. The van der Waals surface area contributed by atoms with E-state index in [4.69, 9.17) is 4.42 Å². The molecule has 28 heavy (non-hydrogen) atoms. The van der Waals surface area contributed by atoms with Gasteiger partial charge in [0.2, 0.25) is 21.2 Å². The second kappa shape index (κ2) is 6.45. The maximum atomic E-state index is 12.8. The van der Waals surface area contributed by atoms with E-state index in [0.717, 1.165) is 0 Å². The van der Waals surface area contributed by atoms with E-state index >= 15 is 0 Å². The van der Waals surface area contributed by atoms with E-state index in [2.05, 4.69) is 5.32 Å². The largest absolute Gasteiger partial charge is 0.508 e. The molecule has 0 bridgehead atoms. The van der Waals surface area contributed by atoms with Crippen molar-refractivity contribution >= 4 is 32.4 Å². The normalized spacial score (nSPS) is 15.8. The number of phenols is 1. The minimum absolute atomic E-state index is 0.0193. The molecule has 0 spiro atoms. The van der Waals surface area contributed by atoms with E-state index in [1.54, 1.807) is 13.1 Å². The molecule has 1 aliphatic heterocycles. The van der Waals surface area contributed by atoms with Crippen LogP contribution in [0, 0.1) is 0 Å². The van der Waals surface area contributed by atoms with Crippen molar-refractivity contribution in [2.75, 3.05) is 29.0 Å². The van der Waals surface area contributed by atoms with Crippen molar-refractivity contribution < 1.29 is 23.0 Å². The fourth-order valence-corrected chi connectivity index (χ4v) is 4.88. The summed E-state index contributed by atoms with van der Waals surface area (Å²) in [6.45, 7) is 0.281. The van der Waals surface area contributed by atoms with Crippen LogP contribution >= 0.6 is 0 Å². The van der Waals surface area contributed by atoms with Gasteiger partial charge in [-0.15, -0.1) is 0 Å². The van der Waals surface area contributed by atoms with Crippen molar-refractivity contribution in [3.63, 3.8) is 0 Å². The number of nitrogens with zero attached hydrogens (tertiary/aromatic N) is 1. The van der Waals surface area contributed by atoms with Gasteiger partial charge in [-0.25, -0.2) is 8.42 Å². The molecular formula is C19H18N2O6S. The molecule has 2 aromatic carbocycles. The highest BCUT2D eigenvalue weighted by molar-refractivity contribution is 7.93. The van der Waals surface area contributed by atoms with Gasteiger partial charge in [-0.1, -0.05) is 0 Å². The van der Waals surface area contributed by atoms with E-state index < -0.39 is 21.2 Å². The van der Waals surface area contributed by atoms with Gasteiger partial charge in [-0.2, -0.15) is 0 Å². The summed E-state index contributed by atoms with van der Waals surface area (Å²) in [5.41, 5.74) is 0.557. The van der Waals surface area contributed by atoms with Gasteiger partial charge in [0, 0.05) is 24.8 Å². The van der Waals surface area contributed by atoms with Crippen LogP contribution in [0.5, 0.6) is 11.5 Å². The van der Waals surface area contributed by atoms with E-state index in [0.29, 0.717) is 17.7 Å². The first-order valence-corrected chi connectivity index (χ1v) is 10.2. The van der Waals surface area contributed by atoms with Crippen molar-refractivity contribution in [3.8, 4) is 22.8 Å². The summed E-state index contributed by atoms with van der Waals surface area (Å²) in [6.07, 6.45) is 0.473. The molecule has 0 aliphatic carbocycles. The summed E-state index contributed by atoms with van der Waals surface area (Å²) in [4.78, 5) is 12.8. The molecule has 0 saturated carbocycles. The van der Waals surface area contributed by atoms with Crippen LogP contribution in [0.1, 0.15) is 6.42 Å². The smallest absolute Gasteiger partial charge is 0.235 e. The Morgan fingerprint density at radius 2 is 1.86 bits per heavy atom. The van der Waals surface area contributed by atoms with Crippen LogP contribution in [0.3, 0.4) is 0 Å². The lowest BCUT2D eigenvalue weighted by Crippen LogP contribution is -2.25. The number of anilines is 2. The molecule has 1 fully saturated rings. The number of nitrogens with one attached hydrogen (secondary N) is 1.